The summed E-state index contributed by atoms with van der Waals surface area (Å²) >= 11 is 5.84. The van der Waals surface area contributed by atoms with Gasteiger partial charge >= 0.3 is 0 Å². The fraction of sp³-hybridized carbons (Fsp3) is 0.200. The van der Waals surface area contributed by atoms with E-state index in [9.17, 15) is 9.18 Å². The first-order chi connectivity index (χ1) is 9.47. The zero-order valence-electron chi connectivity index (χ0n) is 11.2. The average molecular weight is 293 g/mol. The minimum Gasteiger partial charge on any atom is -0.337 e. The van der Waals surface area contributed by atoms with Crippen LogP contribution in [0.15, 0.2) is 36.4 Å². The predicted molar refractivity (Wildman–Crippen MR) is 76.2 cm³/mol. The van der Waals surface area contributed by atoms with Gasteiger partial charge in [-0.2, -0.15) is 0 Å². The molecule has 0 saturated heterocycles. The first kappa shape index (κ1) is 14.5. The lowest BCUT2D eigenvalue weighted by molar-refractivity contribution is 0.0783. The van der Waals surface area contributed by atoms with Gasteiger partial charge in [0.1, 0.15) is 11.0 Å². The average Bonchev–Trinajstić information content (AvgIpc) is 2.39. The molecule has 0 atom stereocenters. The van der Waals surface area contributed by atoms with E-state index in [0.717, 1.165) is 0 Å². The first-order valence-corrected chi connectivity index (χ1v) is 6.48. The number of carbonyl (C=O) groups is 1. The molecule has 5 heteroatoms. The maximum absolute atomic E-state index is 13.6. The number of nitrogens with zero attached hydrogens (tertiary/aromatic N) is 2. The van der Waals surface area contributed by atoms with Crippen molar-refractivity contribution in [3.8, 4) is 0 Å². The third kappa shape index (κ3) is 3.33. The molecule has 3 nitrogen and oxygen atoms in total. The van der Waals surface area contributed by atoms with Gasteiger partial charge in [0.15, 0.2) is 0 Å². The normalized spacial score (nSPS) is 10.4. The van der Waals surface area contributed by atoms with Crippen LogP contribution in [-0.2, 0) is 6.54 Å². The number of hydrogen-bond acceptors (Lipinski definition) is 2. The van der Waals surface area contributed by atoms with Crippen molar-refractivity contribution in [1.29, 1.82) is 0 Å². The zero-order chi connectivity index (χ0) is 14.7. The minimum absolute atomic E-state index is 0.199. The molecular weight excluding hydrogens is 279 g/mol. The number of halogens is 2. The van der Waals surface area contributed by atoms with Crippen LogP contribution in [0, 0.1) is 12.7 Å². The summed E-state index contributed by atoms with van der Waals surface area (Å²) in [4.78, 5) is 17.7. The van der Waals surface area contributed by atoms with Crippen LogP contribution in [-0.4, -0.2) is 22.8 Å². The molecule has 0 bridgehead atoms. The summed E-state index contributed by atoms with van der Waals surface area (Å²) in [5.74, 6) is -0.545. The molecule has 0 aliphatic heterocycles. The smallest absolute Gasteiger partial charge is 0.254 e. The van der Waals surface area contributed by atoms with Crippen molar-refractivity contribution in [3.63, 3.8) is 0 Å². The van der Waals surface area contributed by atoms with E-state index in [0.29, 0.717) is 16.8 Å². The molecule has 20 heavy (non-hydrogen) atoms. The van der Waals surface area contributed by atoms with Crippen molar-refractivity contribution in [3.05, 3.63) is 64.2 Å². The fourth-order valence-corrected chi connectivity index (χ4v) is 2.18. The van der Waals surface area contributed by atoms with Crippen LogP contribution in [0.3, 0.4) is 0 Å². The number of amides is 1. The van der Waals surface area contributed by atoms with Crippen LogP contribution < -0.4 is 0 Å². The van der Waals surface area contributed by atoms with Crippen molar-refractivity contribution < 1.29 is 9.18 Å². The number of rotatable bonds is 3. The molecule has 2 aromatic rings. The quantitative estimate of drug-likeness (QED) is 0.812. The van der Waals surface area contributed by atoms with Crippen molar-refractivity contribution in [2.45, 2.75) is 13.5 Å². The van der Waals surface area contributed by atoms with E-state index >= 15 is 0 Å². The van der Waals surface area contributed by atoms with Crippen LogP contribution in [0.1, 0.15) is 21.6 Å². The largest absolute Gasteiger partial charge is 0.337 e. The molecule has 1 heterocycles. The lowest BCUT2D eigenvalue weighted by Crippen LogP contribution is -2.26. The number of aromatic nitrogens is 1. The van der Waals surface area contributed by atoms with Gasteiger partial charge in [-0.05, 0) is 25.1 Å². The van der Waals surface area contributed by atoms with Gasteiger partial charge in [0.25, 0.3) is 5.91 Å². The number of aryl methyl sites for hydroxylation is 1. The molecule has 0 N–H and O–H groups in total. The topological polar surface area (TPSA) is 33.2 Å². The standard InChI is InChI=1S/C15H14ClFN2O/c1-10-7-12(8-14(16)18-10)15(20)19(2)9-11-5-3-4-6-13(11)17/h3-8H,9H2,1-2H3. The molecule has 1 aromatic carbocycles. The molecule has 0 aliphatic rings. The highest BCUT2D eigenvalue weighted by molar-refractivity contribution is 6.29. The third-order valence-corrected chi connectivity index (χ3v) is 3.07. The summed E-state index contributed by atoms with van der Waals surface area (Å²) < 4.78 is 13.6. The van der Waals surface area contributed by atoms with E-state index in [1.807, 2.05) is 0 Å². The molecule has 0 unspecified atom stereocenters. The second kappa shape index (κ2) is 6.01. The van der Waals surface area contributed by atoms with Gasteiger partial charge in [-0.15, -0.1) is 0 Å². The van der Waals surface area contributed by atoms with Gasteiger partial charge in [-0.3, -0.25) is 4.79 Å². The number of benzene rings is 1. The van der Waals surface area contributed by atoms with Crippen molar-refractivity contribution in [1.82, 2.24) is 9.88 Å². The Morgan fingerprint density at radius 3 is 2.70 bits per heavy atom. The van der Waals surface area contributed by atoms with Crippen LogP contribution in [0.4, 0.5) is 4.39 Å². The van der Waals surface area contributed by atoms with Crippen LogP contribution in [0.25, 0.3) is 0 Å². The number of pyridine rings is 1. The second-order valence-electron chi connectivity index (χ2n) is 4.57. The highest BCUT2D eigenvalue weighted by Gasteiger charge is 2.15. The number of hydrogen-bond donors (Lipinski definition) is 0. The van der Waals surface area contributed by atoms with E-state index < -0.39 is 0 Å². The second-order valence-corrected chi connectivity index (χ2v) is 4.96. The maximum atomic E-state index is 13.6. The predicted octanol–water partition coefficient (Wildman–Crippen LogP) is 3.45. The Morgan fingerprint density at radius 2 is 2.05 bits per heavy atom. The Bertz CT molecular complexity index is 625. The van der Waals surface area contributed by atoms with Gasteiger partial charge < -0.3 is 4.90 Å². The summed E-state index contributed by atoms with van der Waals surface area (Å²) in [6.07, 6.45) is 0. The summed E-state index contributed by atoms with van der Waals surface area (Å²) in [7, 11) is 1.62. The third-order valence-electron chi connectivity index (χ3n) is 2.88. The molecule has 0 aliphatic carbocycles. The highest BCUT2D eigenvalue weighted by Crippen LogP contribution is 2.15. The monoisotopic (exact) mass is 292 g/mol. The van der Waals surface area contributed by atoms with E-state index in [4.69, 9.17) is 11.6 Å². The molecule has 1 amide bonds. The van der Waals surface area contributed by atoms with E-state index in [1.165, 1.54) is 17.0 Å². The van der Waals surface area contributed by atoms with Gasteiger partial charge in [-0.1, -0.05) is 29.8 Å². The lowest BCUT2D eigenvalue weighted by Gasteiger charge is -2.18. The highest BCUT2D eigenvalue weighted by atomic mass is 35.5. The maximum Gasteiger partial charge on any atom is 0.254 e. The van der Waals surface area contributed by atoms with Gasteiger partial charge in [0.2, 0.25) is 0 Å². The van der Waals surface area contributed by atoms with Crippen molar-refractivity contribution in [2.75, 3.05) is 7.05 Å². The fourth-order valence-electron chi connectivity index (χ4n) is 1.93. The Balaban J connectivity index is 2.18. The summed E-state index contributed by atoms with van der Waals surface area (Å²) in [6.45, 7) is 1.96. The molecule has 2 rings (SSSR count). The van der Waals surface area contributed by atoms with Crippen LogP contribution in [0.5, 0.6) is 0 Å². The Labute approximate surface area is 122 Å². The minimum atomic E-state index is -0.323. The van der Waals surface area contributed by atoms with Crippen LogP contribution >= 0.6 is 11.6 Å². The van der Waals surface area contributed by atoms with E-state index in [1.54, 1.807) is 38.2 Å². The molecule has 0 fully saturated rings. The lowest BCUT2D eigenvalue weighted by atomic mass is 10.1. The van der Waals surface area contributed by atoms with Crippen LogP contribution in [0.2, 0.25) is 5.15 Å². The summed E-state index contributed by atoms with van der Waals surface area (Å²) in [5, 5.41) is 0.271. The summed E-state index contributed by atoms with van der Waals surface area (Å²) in [6, 6.07) is 9.56. The van der Waals surface area contributed by atoms with Gasteiger partial charge in [0.05, 0.1) is 0 Å². The molecular formula is C15H14ClFN2O. The molecule has 0 spiro atoms. The summed E-state index contributed by atoms with van der Waals surface area (Å²) in [5.41, 5.74) is 1.58. The molecule has 1 aromatic heterocycles. The molecule has 104 valence electrons. The molecule has 0 radical (unpaired) electrons. The SMILES string of the molecule is Cc1cc(C(=O)N(C)Cc2ccccc2F)cc(Cl)n1. The van der Waals surface area contributed by atoms with Gasteiger partial charge in [-0.25, -0.2) is 9.37 Å². The van der Waals surface area contributed by atoms with Crippen molar-refractivity contribution >= 4 is 17.5 Å². The molecule has 0 saturated carbocycles. The Morgan fingerprint density at radius 1 is 1.35 bits per heavy atom. The van der Waals surface area contributed by atoms with E-state index in [2.05, 4.69) is 4.98 Å². The van der Waals surface area contributed by atoms with Gasteiger partial charge in [0, 0.05) is 30.4 Å². The number of carbonyl (C=O) groups excluding carboxylic acids is 1. The first-order valence-electron chi connectivity index (χ1n) is 6.10. The Kier molecular flexibility index (Phi) is 4.35. The van der Waals surface area contributed by atoms with E-state index in [-0.39, 0.29) is 23.4 Å². The van der Waals surface area contributed by atoms with Crippen molar-refractivity contribution in [2.24, 2.45) is 0 Å². The Hall–Kier alpha value is -1.94. The zero-order valence-corrected chi connectivity index (χ0v) is 12.0.